The first-order chi connectivity index (χ1) is 4.31. The molecule has 4 heteroatoms. The lowest BCUT2D eigenvalue weighted by Crippen LogP contribution is -2.03. The van der Waals surface area contributed by atoms with Gasteiger partial charge in [0.25, 0.3) is 0 Å². The quantitative estimate of drug-likeness (QED) is 0.357. The maximum atomic E-state index is 10.4. The predicted molar refractivity (Wildman–Crippen MR) is 38.2 cm³/mol. The van der Waals surface area contributed by atoms with E-state index in [0.717, 1.165) is 5.75 Å². The largest absolute Gasteiger partial charge is 0.469 e. The lowest BCUT2D eigenvalue weighted by Gasteiger charge is -1.96. The van der Waals surface area contributed by atoms with Crippen molar-refractivity contribution in [1.29, 1.82) is 0 Å². The highest BCUT2D eigenvalue weighted by Crippen LogP contribution is 1.95. The van der Waals surface area contributed by atoms with Crippen molar-refractivity contribution < 1.29 is 9.53 Å². The highest BCUT2D eigenvalue weighted by molar-refractivity contribution is 7.97. The Hall–Kier alpha value is -0.220. The molecule has 0 aromatic heterocycles. The zero-order valence-electron chi connectivity index (χ0n) is 5.64. The number of ether oxygens (including phenoxy) is 1. The average Bonchev–Trinajstić information content (AvgIpc) is 1.89. The van der Waals surface area contributed by atoms with Crippen LogP contribution >= 0.6 is 11.9 Å². The Kier molecular flexibility index (Phi) is 5.76. The first kappa shape index (κ1) is 8.78. The van der Waals surface area contributed by atoms with E-state index in [4.69, 9.17) is 0 Å². The van der Waals surface area contributed by atoms with Gasteiger partial charge in [0.05, 0.1) is 13.5 Å². The number of rotatable bonds is 4. The molecule has 0 aliphatic rings. The molecule has 0 radical (unpaired) electrons. The molecule has 0 aromatic carbocycles. The van der Waals surface area contributed by atoms with Crippen molar-refractivity contribution in [2.45, 2.75) is 6.42 Å². The van der Waals surface area contributed by atoms with Crippen LogP contribution in [0.3, 0.4) is 0 Å². The van der Waals surface area contributed by atoms with E-state index in [9.17, 15) is 4.79 Å². The monoisotopic (exact) mass is 149 g/mol. The Morgan fingerprint density at radius 1 is 1.78 bits per heavy atom. The lowest BCUT2D eigenvalue weighted by molar-refractivity contribution is -0.140. The molecule has 0 heterocycles. The first-order valence-electron chi connectivity index (χ1n) is 2.66. The van der Waals surface area contributed by atoms with Crippen LogP contribution in [0.1, 0.15) is 6.42 Å². The van der Waals surface area contributed by atoms with Gasteiger partial charge in [0.15, 0.2) is 0 Å². The standard InChI is InChI=1S/C5H11NO2S/c1-6-9-4-3-5(7)8-2/h6H,3-4H2,1-2H3. The molecule has 1 N–H and O–H groups in total. The molecule has 9 heavy (non-hydrogen) atoms. The third kappa shape index (κ3) is 5.65. The zero-order chi connectivity index (χ0) is 7.11. The SMILES string of the molecule is CNSCCC(=O)OC. The third-order valence-electron chi connectivity index (χ3n) is 0.780. The topological polar surface area (TPSA) is 38.3 Å². The van der Waals surface area contributed by atoms with Crippen molar-refractivity contribution in [2.75, 3.05) is 19.9 Å². The summed E-state index contributed by atoms with van der Waals surface area (Å²) in [4.78, 5) is 10.4. The van der Waals surface area contributed by atoms with Gasteiger partial charge in [-0.25, -0.2) is 0 Å². The highest BCUT2D eigenvalue weighted by atomic mass is 32.2. The van der Waals surface area contributed by atoms with Crippen LogP contribution in [0.4, 0.5) is 0 Å². The number of methoxy groups -OCH3 is 1. The minimum Gasteiger partial charge on any atom is -0.469 e. The minimum atomic E-state index is -0.155. The normalized spacial score (nSPS) is 9.11. The van der Waals surface area contributed by atoms with E-state index in [0.29, 0.717) is 6.42 Å². The molecule has 0 rings (SSSR count). The van der Waals surface area contributed by atoms with E-state index in [1.165, 1.54) is 19.1 Å². The second kappa shape index (κ2) is 5.91. The molecule has 0 aliphatic heterocycles. The van der Waals surface area contributed by atoms with Crippen LogP contribution in [0, 0.1) is 0 Å². The van der Waals surface area contributed by atoms with E-state index in [1.54, 1.807) is 0 Å². The molecule has 0 unspecified atom stereocenters. The van der Waals surface area contributed by atoms with Gasteiger partial charge in [0.2, 0.25) is 0 Å². The molecular weight excluding hydrogens is 138 g/mol. The fourth-order valence-electron chi connectivity index (χ4n) is 0.338. The Morgan fingerprint density at radius 3 is 2.89 bits per heavy atom. The predicted octanol–water partition coefficient (Wildman–Crippen LogP) is 0.417. The van der Waals surface area contributed by atoms with Crippen LogP contribution < -0.4 is 4.72 Å². The fourth-order valence-corrected chi connectivity index (χ4v) is 0.811. The van der Waals surface area contributed by atoms with Crippen LogP contribution in [0.5, 0.6) is 0 Å². The summed E-state index contributed by atoms with van der Waals surface area (Å²) < 4.78 is 7.27. The molecule has 54 valence electrons. The number of carbonyl (C=O) groups is 1. The van der Waals surface area contributed by atoms with E-state index in [2.05, 4.69) is 9.46 Å². The van der Waals surface area contributed by atoms with Crippen molar-refractivity contribution in [3.63, 3.8) is 0 Å². The molecule has 0 saturated heterocycles. The third-order valence-corrected chi connectivity index (χ3v) is 1.48. The van der Waals surface area contributed by atoms with Crippen molar-refractivity contribution in [2.24, 2.45) is 0 Å². The Morgan fingerprint density at radius 2 is 2.44 bits per heavy atom. The van der Waals surface area contributed by atoms with Gasteiger partial charge in [-0.1, -0.05) is 11.9 Å². The fraction of sp³-hybridized carbons (Fsp3) is 0.800. The van der Waals surface area contributed by atoms with Crippen LogP contribution in [0.25, 0.3) is 0 Å². The molecule has 0 aliphatic carbocycles. The Bertz CT molecular complexity index is 87.0. The van der Waals surface area contributed by atoms with E-state index >= 15 is 0 Å². The molecule has 3 nitrogen and oxygen atoms in total. The van der Waals surface area contributed by atoms with Gasteiger partial charge in [0, 0.05) is 5.75 Å². The molecule has 0 aromatic rings. The van der Waals surface area contributed by atoms with E-state index in [-0.39, 0.29) is 5.97 Å². The van der Waals surface area contributed by atoms with Gasteiger partial charge < -0.3 is 4.74 Å². The van der Waals surface area contributed by atoms with E-state index in [1.807, 2.05) is 7.05 Å². The summed E-state index contributed by atoms with van der Waals surface area (Å²) in [6.45, 7) is 0. The van der Waals surface area contributed by atoms with Gasteiger partial charge in [-0.3, -0.25) is 9.52 Å². The van der Waals surface area contributed by atoms with Crippen LogP contribution in [0.15, 0.2) is 0 Å². The number of nitrogens with one attached hydrogen (secondary N) is 1. The average molecular weight is 149 g/mol. The van der Waals surface area contributed by atoms with E-state index < -0.39 is 0 Å². The highest BCUT2D eigenvalue weighted by Gasteiger charge is 1.96. The molecule has 0 fully saturated rings. The summed E-state index contributed by atoms with van der Waals surface area (Å²) in [5.74, 6) is 0.612. The van der Waals surface area contributed by atoms with Crippen LogP contribution in [-0.2, 0) is 9.53 Å². The molecular formula is C5H11NO2S. The molecule has 0 amide bonds. The molecule has 0 bridgehead atoms. The Balaban J connectivity index is 2.97. The first-order valence-corrected chi connectivity index (χ1v) is 3.65. The molecule has 0 atom stereocenters. The maximum Gasteiger partial charge on any atom is 0.306 e. The molecule has 0 saturated carbocycles. The summed E-state index contributed by atoms with van der Waals surface area (Å²) in [6.07, 6.45) is 0.474. The van der Waals surface area contributed by atoms with Crippen molar-refractivity contribution in [3.8, 4) is 0 Å². The minimum absolute atomic E-state index is 0.155. The van der Waals surface area contributed by atoms with Crippen LogP contribution in [0.2, 0.25) is 0 Å². The van der Waals surface area contributed by atoms with Gasteiger partial charge in [-0.15, -0.1) is 0 Å². The molecule has 0 spiro atoms. The summed E-state index contributed by atoms with van der Waals surface area (Å²) in [6, 6.07) is 0. The lowest BCUT2D eigenvalue weighted by atomic mass is 10.5. The van der Waals surface area contributed by atoms with Gasteiger partial charge in [0.1, 0.15) is 0 Å². The summed E-state index contributed by atoms with van der Waals surface area (Å²) in [7, 11) is 3.22. The van der Waals surface area contributed by atoms with Crippen molar-refractivity contribution in [3.05, 3.63) is 0 Å². The number of hydrogen-bond donors (Lipinski definition) is 1. The van der Waals surface area contributed by atoms with Gasteiger partial charge in [-0.2, -0.15) is 0 Å². The smallest absolute Gasteiger partial charge is 0.306 e. The zero-order valence-corrected chi connectivity index (χ0v) is 6.46. The summed E-state index contributed by atoms with van der Waals surface area (Å²) in [5, 5.41) is 0. The Labute approximate surface area is 59.3 Å². The number of carbonyl (C=O) groups excluding carboxylic acids is 1. The van der Waals surface area contributed by atoms with Gasteiger partial charge in [-0.05, 0) is 7.05 Å². The second-order valence-corrected chi connectivity index (χ2v) is 2.48. The van der Waals surface area contributed by atoms with Gasteiger partial charge >= 0.3 is 5.97 Å². The number of hydrogen-bond acceptors (Lipinski definition) is 4. The van der Waals surface area contributed by atoms with Crippen molar-refractivity contribution >= 4 is 17.9 Å². The maximum absolute atomic E-state index is 10.4. The summed E-state index contributed by atoms with van der Waals surface area (Å²) >= 11 is 1.50. The van der Waals surface area contributed by atoms with Crippen molar-refractivity contribution in [1.82, 2.24) is 4.72 Å². The van der Waals surface area contributed by atoms with Crippen LogP contribution in [-0.4, -0.2) is 25.9 Å². The second-order valence-electron chi connectivity index (χ2n) is 1.38. The summed E-state index contributed by atoms with van der Waals surface area (Å²) in [5.41, 5.74) is 0. The number of esters is 1.